The van der Waals surface area contributed by atoms with Crippen molar-refractivity contribution in [1.82, 2.24) is 19.7 Å². The molecule has 0 fully saturated rings. The van der Waals surface area contributed by atoms with Crippen LogP contribution in [0.15, 0.2) is 85.2 Å². The van der Waals surface area contributed by atoms with Crippen LogP contribution in [0.1, 0.15) is 22.5 Å². The van der Waals surface area contributed by atoms with Gasteiger partial charge in [-0.1, -0.05) is 30.3 Å². The van der Waals surface area contributed by atoms with Crippen molar-refractivity contribution in [2.75, 3.05) is 5.32 Å². The van der Waals surface area contributed by atoms with Crippen LogP contribution in [-0.4, -0.2) is 26.2 Å². The van der Waals surface area contributed by atoms with Gasteiger partial charge >= 0.3 is 0 Å². The Morgan fingerprint density at radius 1 is 1.00 bits per heavy atom. The van der Waals surface area contributed by atoms with Crippen molar-refractivity contribution in [2.24, 2.45) is 0 Å². The molecule has 0 radical (unpaired) electrons. The first kappa shape index (κ1) is 22.8. The first-order valence-corrected chi connectivity index (χ1v) is 11.1. The summed E-state index contributed by atoms with van der Waals surface area (Å²) < 4.78 is 3.73. The Labute approximate surface area is 198 Å². The molecule has 2 aromatic heterocycles. The highest BCUT2D eigenvalue weighted by Crippen LogP contribution is 2.21. The fourth-order valence-electron chi connectivity index (χ4n) is 3.84. The fourth-order valence-corrected chi connectivity index (χ4v) is 3.84. The average molecular weight is 454 g/mol. The summed E-state index contributed by atoms with van der Waals surface area (Å²) in [5, 5.41) is 9.78. The first-order valence-electron chi connectivity index (χ1n) is 11.1. The quantitative estimate of drug-likeness (QED) is 0.391. The number of para-hydroxylation sites is 1. The molecule has 2 aromatic carbocycles. The first-order chi connectivity index (χ1) is 16.5. The van der Waals surface area contributed by atoms with Crippen LogP contribution in [0.5, 0.6) is 0 Å². The third kappa shape index (κ3) is 5.69. The maximum absolute atomic E-state index is 12.4. The second-order valence-electron chi connectivity index (χ2n) is 8.00. The lowest BCUT2D eigenvalue weighted by molar-refractivity contribution is -0.117. The minimum atomic E-state index is -0.183. The van der Waals surface area contributed by atoms with Crippen molar-refractivity contribution in [3.63, 3.8) is 0 Å². The zero-order valence-electron chi connectivity index (χ0n) is 19.2. The van der Waals surface area contributed by atoms with E-state index in [-0.39, 0.29) is 18.4 Å². The van der Waals surface area contributed by atoms with Crippen LogP contribution < -0.4 is 10.6 Å². The lowest BCUT2D eigenvalue weighted by atomic mass is 10.2. The van der Waals surface area contributed by atoms with Gasteiger partial charge in [0.05, 0.1) is 0 Å². The summed E-state index contributed by atoms with van der Waals surface area (Å²) in [6.45, 7) is 4.60. The van der Waals surface area contributed by atoms with Crippen molar-refractivity contribution >= 4 is 23.6 Å². The molecule has 0 aliphatic heterocycles. The Kier molecular flexibility index (Phi) is 7.03. The van der Waals surface area contributed by atoms with Gasteiger partial charge in [0, 0.05) is 47.8 Å². The van der Waals surface area contributed by atoms with E-state index in [0.717, 1.165) is 28.2 Å². The minimum Gasteiger partial charge on any atom is -0.348 e. The highest BCUT2D eigenvalue weighted by atomic mass is 16.2. The number of rotatable bonds is 8. The van der Waals surface area contributed by atoms with Crippen molar-refractivity contribution in [3.8, 4) is 5.69 Å². The smallest absolute Gasteiger partial charge is 0.246 e. The van der Waals surface area contributed by atoms with Crippen LogP contribution in [-0.2, 0) is 22.7 Å². The second kappa shape index (κ2) is 10.5. The molecular weight excluding hydrogens is 426 g/mol. The number of aryl methyl sites for hydroxylation is 1. The Morgan fingerprint density at radius 3 is 2.59 bits per heavy atom. The molecule has 34 heavy (non-hydrogen) atoms. The molecule has 0 aliphatic carbocycles. The molecular formula is C27H27N5O2. The molecule has 0 bridgehead atoms. The molecule has 2 N–H and O–H groups in total. The average Bonchev–Trinajstić information content (AvgIpc) is 3.44. The molecule has 0 spiro atoms. The molecule has 4 rings (SSSR count). The summed E-state index contributed by atoms with van der Waals surface area (Å²) in [5.41, 5.74) is 5.84. The molecule has 172 valence electrons. The number of benzene rings is 2. The summed E-state index contributed by atoms with van der Waals surface area (Å²) in [6, 6.07) is 21.4. The van der Waals surface area contributed by atoms with Gasteiger partial charge in [-0.3, -0.25) is 14.3 Å². The number of carbonyl (C=O) groups is 2. The normalized spacial score (nSPS) is 11.0. The Hall–Kier alpha value is -4.39. The topological polar surface area (TPSA) is 81.0 Å². The van der Waals surface area contributed by atoms with E-state index < -0.39 is 0 Å². The number of hydrogen-bond acceptors (Lipinski definition) is 3. The van der Waals surface area contributed by atoms with Crippen molar-refractivity contribution in [3.05, 3.63) is 108 Å². The van der Waals surface area contributed by atoms with Crippen LogP contribution >= 0.6 is 0 Å². The molecule has 0 saturated heterocycles. The highest BCUT2D eigenvalue weighted by molar-refractivity contribution is 5.92. The zero-order chi connectivity index (χ0) is 23.9. The predicted octanol–water partition coefficient (Wildman–Crippen LogP) is 4.26. The van der Waals surface area contributed by atoms with E-state index in [2.05, 4.69) is 45.4 Å². The van der Waals surface area contributed by atoms with Gasteiger partial charge in [-0.2, -0.15) is 5.10 Å². The van der Waals surface area contributed by atoms with Gasteiger partial charge in [0.15, 0.2) is 0 Å². The SMILES string of the molecule is Cc1cc(/C=C/C(=O)NCc2cccc(NC(=O)Cn3cccn3)c2)c(C)n1-c1ccccc1. The van der Waals surface area contributed by atoms with Crippen molar-refractivity contribution in [2.45, 2.75) is 26.9 Å². The largest absolute Gasteiger partial charge is 0.348 e. The Balaban J connectivity index is 1.34. The van der Waals surface area contributed by atoms with Gasteiger partial charge in [-0.25, -0.2) is 0 Å². The molecule has 0 atom stereocenters. The predicted molar refractivity (Wildman–Crippen MR) is 133 cm³/mol. The van der Waals surface area contributed by atoms with Crippen molar-refractivity contribution in [1.29, 1.82) is 0 Å². The standard InChI is InChI=1S/C27H27N5O2/c1-20-16-23(21(2)32(20)25-10-4-3-5-11-25)12-13-26(33)28-18-22-8-6-9-24(17-22)30-27(34)19-31-15-7-14-29-31/h3-17H,18-19H2,1-2H3,(H,28,33)(H,30,34)/b13-12+. The summed E-state index contributed by atoms with van der Waals surface area (Å²) >= 11 is 0. The number of amides is 2. The summed E-state index contributed by atoms with van der Waals surface area (Å²) in [6.07, 6.45) is 6.75. The van der Waals surface area contributed by atoms with Crippen LogP contribution in [0, 0.1) is 13.8 Å². The minimum absolute atomic E-state index is 0.143. The Morgan fingerprint density at radius 2 is 1.82 bits per heavy atom. The lowest BCUT2D eigenvalue weighted by Gasteiger charge is -2.09. The number of hydrogen-bond donors (Lipinski definition) is 2. The maximum atomic E-state index is 12.4. The van der Waals surface area contributed by atoms with E-state index in [0.29, 0.717) is 12.2 Å². The van der Waals surface area contributed by atoms with E-state index in [4.69, 9.17) is 0 Å². The molecule has 0 unspecified atom stereocenters. The van der Waals surface area contributed by atoms with Gasteiger partial charge in [0.2, 0.25) is 11.8 Å². The number of aromatic nitrogens is 3. The maximum Gasteiger partial charge on any atom is 0.246 e. The molecule has 7 nitrogen and oxygen atoms in total. The number of nitrogens with one attached hydrogen (secondary N) is 2. The van der Waals surface area contributed by atoms with E-state index in [1.54, 1.807) is 29.2 Å². The van der Waals surface area contributed by atoms with E-state index >= 15 is 0 Å². The highest BCUT2D eigenvalue weighted by Gasteiger charge is 2.09. The third-order valence-electron chi connectivity index (χ3n) is 5.44. The lowest BCUT2D eigenvalue weighted by Crippen LogP contribution is -2.21. The van der Waals surface area contributed by atoms with Crippen LogP contribution in [0.3, 0.4) is 0 Å². The van der Waals surface area contributed by atoms with Crippen LogP contribution in [0.2, 0.25) is 0 Å². The molecule has 0 saturated carbocycles. The molecule has 4 aromatic rings. The summed E-state index contributed by atoms with van der Waals surface area (Å²) in [4.78, 5) is 24.6. The molecule has 7 heteroatoms. The molecule has 2 amide bonds. The van der Waals surface area contributed by atoms with E-state index in [1.165, 1.54) is 0 Å². The summed E-state index contributed by atoms with van der Waals surface area (Å²) in [7, 11) is 0. The number of carbonyl (C=O) groups excluding carboxylic acids is 2. The molecule has 2 heterocycles. The number of nitrogens with zero attached hydrogens (tertiary/aromatic N) is 3. The van der Waals surface area contributed by atoms with Gasteiger partial charge in [-0.15, -0.1) is 0 Å². The summed E-state index contributed by atoms with van der Waals surface area (Å²) in [5.74, 6) is -0.349. The zero-order valence-corrected chi connectivity index (χ0v) is 19.2. The Bertz CT molecular complexity index is 1300. The van der Waals surface area contributed by atoms with Crippen LogP contribution in [0.25, 0.3) is 11.8 Å². The van der Waals surface area contributed by atoms with Gasteiger partial charge in [-0.05, 0) is 67.4 Å². The van der Waals surface area contributed by atoms with E-state index in [1.807, 2.05) is 55.5 Å². The van der Waals surface area contributed by atoms with Gasteiger partial charge in [0.25, 0.3) is 0 Å². The fraction of sp³-hybridized carbons (Fsp3) is 0.148. The van der Waals surface area contributed by atoms with E-state index in [9.17, 15) is 9.59 Å². The second-order valence-corrected chi connectivity index (χ2v) is 8.00. The third-order valence-corrected chi connectivity index (χ3v) is 5.44. The monoisotopic (exact) mass is 453 g/mol. The van der Waals surface area contributed by atoms with Gasteiger partial charge in [0.1, 0.15) is 6.54 Å². The van der Waals surface area contributed by atoms with Gasteiger partial charge < -0.3 is 15.2 Å². The number of anilines is 1. The molecule has 0 aliphatic rings. The van der Waals surface area contributed by atoms with Crippen LogP contribution in [0.4, 0.5) is 5.69 Å². The van der Waals surface area contributed by atoms with Crippen molar-refractivity contribution < 1.29 is 9.59 Å².